The number of aliphatic hydroxyl groups excluding tert-OH is 1. The van der Waals surface area contributed by atoms with Gasteiger partial charge in [0.25, 0.3) is 5.91 Å². The number of carbonyl (C=O) groups excluding carboxylic acids is 1. The number of hydrogen-bond acceptors (Lipinski definition) is 2. The molecule has 1 aromatic rings. The van der Waals surface area contributed by atoms with Gasteiger partial charge in [-0.05, 0) is 37.5 Å². The molecule has 0 radical (unpaired) electrons. The van der Waals surface area contributed by atoms with Gasteiger partial charge in [0.2, 0.25) is 0 Å². The number of benzene rings is 1. The largest absolute Gasteiger partial charge is 0.391 e. The number of aryl methyl sites for hydroxylation is 1. The summed E-state index contributed by atoms with van der Waals surface area (Å²) in [6.07, 6.45) is 1.07. The summed E-state index contributed by atoms with van der Waals surface area (Å²) in [7, 11) is 0. The summed E-state index contributed by atoms with van der Waals surface area (Å²) in [4.78, 5) is 13.6. The van der Waals surface area contributed by atoms with Crippen molar-refractivity contribution in [1.82, 2.24) is 4.90 Å². The number of aliphatic hydroxyl groups is 1. The highest BCUT2D eigenvalue weighted by atomic mass is 19.1. The van der Waals surface area contributed by atoms with E-state index >= 15 is 0 Å². The molecule has 1 heterocycles. The fourth-order valence-corrected chi connectivity index (χ4v) is 2.05. The number of β-amino-alcohol motifs (C(OH)–C–C–N with tert-alkyl or cyclic N) is 1. The van der Waals surface area contributed by atoms with Gasteiger partial charge in [0.05, 0.1) is 6.10 Å². The van der Waals surface area contributed by atoms with Crippen molar-refractivity contribution in [1.29, 1.82) is 0 Å². The predicted octanol–water partition coefficient (Wildman–Crippen LogP) is 1.73. The van der Waals surface area contributed by atoms with E-state index in [1.165, 1.54) is 6.07 Å². The molecule has 0 bridgehead atoms. The first kappa shape index (κ1) is 12.0. The SMILES string of the molecule is Cc1ccc(C(=O)N2CCC[C@@H](O)C2)cc1F. The number of likely N-dealkylation sites (tertiary alicyclic amines) is 1. The van der Waals surface area contributed by atoms with Crippen LogP contribution in [0.4, 0.5) is 4.39 Å². The van der Waals surface area contributed by atoms with Crippen LogP contribution in [-0.2, 0) is 0 Å². The second-order valence-corrected chi connectivity index (χ2v) is 4.51. The lowest BCUT2D eigenvalue weighted by Crippen LogP contribution is -2.42. The highest BCUT2D eigenvalue weighted by molar-refractivity contribution is 5.94. The molecule has 1 N–H and O–H groups in total. The van der Waals surface area contributed by atoms with E-state index in [9.17, 15) is 14.3 Å². The van der Waals surface area contributed by atoms with Crippen molar-refractivity contribution in [3.8, 4) is 0 Å². The quantitative estimate of drug-likeness (QED) is 0.808. The summed E-state index contributed by atoms with van der Waals surface area (Å²) in [5, 5.41) is 9.51. The molecule has 92 valence electrons. The normalized spacial score (nSPS) is 20.4. The molecular formula is C13H16FNO2. The van der Waals surface area contributed by atoms with Gasteiger partial charge in [0.15, 0.2) is 0 Å². The first-order chi connectivity index (χ1) is 8.08. The van der Waals surface area contributed by atoms with Crippen LogP contribution in [0.1, 0.15) is 28.8 Å². The lowest BCUT2D eigenvalue weighted by atomic mass is 10.1. The van der Waals surface area contributed by atoms with E-state index in [-0.39, 0.29) is 11.7 Å². The van der Waals surface area contributed by atoms with Crippen LogP contribution in [-0.4, -0.2) is 35.1 Å². The average Bonchev–Trinajstić information content (AvgIpc) is 2.32. The topological polar surface area (TPSA) is 40.5 Å². The Hall–Kier alpha value is -1.42. The fourth-order valence-electron chi connectivity index (χ4n) is 2.05. The van der Waals surface area contributed by atoms with E-state index in [1.807, 2.05) is 0 Å². The molecule has 1 fully saturated rings. The van der Waals surface area contributed by atoms with Crippen LogP contribution < -0.4 is 0 Å². The van der Waals surface area contributed by atoms with Gasteiger partial charge < -0.3 is 10.0 Å². The number of nitrogens with zero attached hydrogens (tertiary/aromatic N) is 1. The van der Waals surface area contributed by atoms with E-state index in [2.05, 4.69) is 0 Å². The lowest BCUT2D eigenvalue weighted by Gasteiger charge is -2.30. The molecule has 0 aliphatic carbocycles. The van der Waals surface area contributed by atoms with Gasteiger partial charge >= 0.3 is 0 Å². The minimum atomic E-state index is -0.456. The number of halogens is 1. The van der Waals surface area contributed by atoms with Crippen molar-refractivity contribution in [2.24, 2.45) is 0 Å². The molecule has 17 heavy (non-hydrogen) atoms. The molecule has 2 rings (SSSR count). The van der Waals surface area contributed by atoms with Crippen molar-refractivity contribution in [3.63, 3.8) is 0 Å². The van der Waals surface area contributed by atoms with Gasteiger partial charge in [-0.25, -0.2) is 4.39 Å². The second kappa shape index (κ2) is 4.84. The number of piperidine rings is 1. The molecule has 0 unspecified atom stereocenters. The molecule has 4 heteroatoms. The summed E-state index contributed by atoms with van der Waals surface area (Å²) in [5.74, 6) is -0.573. The van der Waals surface area contributed by atoms with Crippen LogP contribution in [0.15, 0.2) is 18.2 Å². The summed E-state index contributed by atoms with van der Waals surface area (Å²) >= 11 is 0. The van der Waals surface area contributed by atoms with E-state index in [0.717, 1.165) is 12.8 Å². The lowest BCUT2D eigenvalue weighted by molar-refractivity contribution is 0.0473. The monoisotopic (exact) mass is 237 g/mol. The summed E-state index contributed by atoms with van der Waals surface area (Å²) in [6, 6.07) is 4.49. The first-order valence-corrected chi connectivity index (χ1v) is 5.81. The molecule has 1 saturated heterocycles. The van der Waals surface area contributed by atoms with E-state index in [0.29, 0.717) is 24.2 Å². The number of amides is 1. The highest BCUT2D eigenvalue weighted by Crippen LogP contribution is 2.15. The minimum Gasteiger partial charge on any atom is -0.391 e. The Kier molecular flexibility index (Phi) is 3.43. The minimum absolute atomic E-state index is 0.206. The Bertz CT molecular complexity index is 433. The zero-order valence-corrected chi connectivity index (χ0v) is 9.82. The Morgan fingerprint density at radius 2 is 2.29 bits per heavy atom. The Balaban J connectivity index is 2.15. The summed E-state index contributed by atoms with van der Waals surface area (Å²) in [6.45, 7) is 2.63. The van der Waals surface area contributed by atoms with E-state index in [1.54, 1.807) is 24.0 Å². The molecule has 1 aliphatic heterocycles. The van der Waals surface area contributed by atoms with Crippen molar-refractivity contribution >= 4 is 5.91 Å². The van der Waals surface area contributed by atoms with Gasteiger partial charge in [-0.2, -0.15) is 0 Å². The molecule has 3 nitrogen and oxygen atoms in total. The molecule has 0 saturated carbocycles. The van der Waals surface area contributed by atoms with Gasteiger partial charge in [0.1, 0.15) is 5.82 Å². The van der Waals surface area contributed by atoms with Crippen molar-refractivity contribution in [2.75, 3.05) is 13.1 Å². The smallest absolute Gasteiger partial charge is 0.254 e. The zero-order chi connectivity index (χ0) is 12.4. The van der Waals surface area contributed by atoms with Crippen molar-refractivity contribution in [3.05, 3.63) is 35.1 Å². The molecular weight excluding hydrogens is 221 g/mol. The third kappa shape index (κ3) is 2.64. The predicted molar refractivity (Wildman–Crippen MR) is 62.3 cm³/mol. The highest BCUT2D eigenvalue weighted by Gasteiger charge is 2.23. The third-order valence-electron chi connectivity index (χ3n) is 3.10. The maximum Gasteiger partial charge on any atom is 0.254 e. The van der Waals surface area contributed by atoms with Crippen LogP contribution in [0.2, 0.25) is 0 Å². The number of carbonyl (C=O) groups is 1. The Labute approximate surface area is 99.9 Å². The van der Waals surface area contributed by atoms with Crippen molar-refractivity contribution < 1.29 is 14.3 Å². The Morgan fingerprint density at radius 1 is 1.53 bits per heavy atom. The Morgan fingerprint density at radius 3 is 2.94 bits per heavy atom. The van der Waals surface area contributed by atoms with Crippen LogP contribution in [0.25, 0.3) is 0 Å². The van der Waals surface area contributed by atoms with E-state index in [4.69, 9.17) is 0 Å². The molecule has 1 aliphatic rings. The van der Waals surface area contributed by atoms with Crippen LogP contribution in [0, 0.1) is 12.7 Å². The van der Waals surface area contributed by atoms with Gasteiger partial charge in [0, 0.05) is 18.7 Å². The standard InChI is InChI=1S/C13H16FNO2/c1-9-4-5-10(7-12(9)14)13(17)15-6-2-3-11(16)8-15/h4-5,7,11,16H,2-3,6,8H2,1H3/t11-/m1/s1. The number of rotatable bonds is 1. The van der Waals surface area contributed by atoms with Crippen LogP contribution in [0.5, 0.6) is 0 Å². The van der Waals surface area contributed by atoms with Crippen LogP contribution in [0.3, 0.4) is 0 Å². The van der Waals surface area contributed by atoms with Gasteiger partial charge in [-0.1, -0.05) is 6.07 Å². The second-order valence-electron chi connectivity index (χ2n) is 4.51. The molecule has 1 atom stereocenters. The summed E-state index contributed by atoms with van der Waals surface area (Å²) < 4.78 is 13.4. The van der Waals surface area contributed by atoms with Gasteiger partial charge in [-0.15, -0.1) is 0 Å². The third-order valence-corrected chi connectivity index (χ3v) is 3.10. The molecule has 1 amide bonds. The van der Waals surface area contributed by atoms with Crippen LogP contribution >= 0.6 is 0 Å². The zero-order valence-electron chi connectivity index (χ0n) is 9.82. The average molecular weight is 237 g/mol. The number of hydrogen-bond donors (Lipinski definition) is 1. The maximum absolute atomic E-state index is 13.4. The molecule has 1 aromatic carbocycles. The maximum atomic E-state index is 13.4. The van der Waals surface area contributed by atoms with E-state index < -0.39 is 6.10 Å². The molecule has 0 aromatic heterocycles. The fraction of sp³-hybridized carbons (Fsp3) is 0.462. The summed E-state index contributed by atoms with van der Waals surface area (Å²) in [5.41, 5.74) is 0.877. The molecule has 0 spiro atoms. The van der Waals surface area contributed by atoms with Gasteiger partial charge in [-0.3, -0.25) is 4.79 Å². The first-order valence-electron chi connectivity index (χ1n) is 5.81. The van der Waals surface area contributed by atoms with Crippen molar-refractivity contribution in [2.45, 2.75) is 25.9 Å².